The highest BCUT2D eigenvalue weighted by Gasteiger charge is 2.16. The second-order valence-electron chi connectivity index (χ2n) is 3.26. The maximum Gasteiger partial charge on any atom is 0.231 e. The molecule has 0 aliphatic carbocycles. The number of fused-ring (bicyclic) bond motifs is 2. The lowest BCUT2D eigenvalue weighted by Gasteiger charge is -2.03. The Bertz CT molecular complexity index is 435. The highest BCUT2D eigenvalue weighted by atomic mass is 16.7. The summed E-state index contributed by atoms with van der Waals surface area (Å²) in [5.41, 5.74) is 2.39. The number of nitrogens with zero attached hydrogens (tertiary/aromatic N) is 1. The first-order valence-corrected chi connectivity index (χ1v) is 4.54. The minimum atomic E-state index is 0.329. The van der Waals surface area contributed by atoms with Gasteiger partial charge in [-0.3, -0.25) is 4.99 Å². The summed E-state index contributed by atoms with van der Waals surface area (Å²) in [5.74, 6) is 1.67. The molecular weight excluding hydrogens is 178 g/mol. The minimum Gasteiger partial charge on any atom is -0.454 e. The van der Waals surface area contributed by atoms with Gasteiger partial charge >= 0.3 is 0 Å². The second-order valence-corrected chi connectivity index (χ2v) is 3.26. The normalized spacial score (nSPS) is 16.6. The predicted molar refractivity (Wildman–Crippen MR) is 53.8 cm³/mol. The molecule has 2 aliphatic rings. The molecule has 3 nitrogen and oxygen atoms in total. The van der Waals surface area contributed by atoms with E-state index in [0.29, 0.717) is 6.79 Å². The molecule has 0 amide bonds. The van der Waals surface area contributed by atoms with E-state index < -0.39 is 0 Å². The van der Waals surface area contributed by atoms with E-state index >= 15 is 0 Å². The minimum absolute atomic E-state index is 0.329. The topological polar surface area (TPSA) is 30.8 Å². The molecule has 3 rings (SSSR count). The molecule has 0 saturated heterocycles. The summed E-state index contributed by atoms with van der Waals surface area (Å²) in [5, 5.41) is 0. The fraction of sp³-hybridized carbons (Fsp3) is 0.182. The highest BCUT2D eigenvalue weighted by molar-refractivity contribution is 5.72. The van der Waals surface area contributed by atoms with Crippen molar-refractivity contribution in [2.75, 3.05) is 6.79 Å². The zero-order valence-corrected chi connectivity index (χ0v) is 7.56. The van der Waals surface area contributed by atoms with E-state index in [1.165, 1.54) is 5.56 Å². The molecule has 3 heteroatoms. The van der Waals surface area contributed by atoms with Crippen LogP contribution in [0.2, 0.25) is 0 Å². The van der Waals surface area contributed by atoms with Crippen LogP contribution in [0.4, 0.5) is 0 Å². The zero-order chi connectivity index (χ0) is 9.38. The van der Waals surface area contributed by atoms with Crippen LogP contribution in [-0.2, 0) is 6.42 Å². The van der Waals surface area contributed by atoms with Crippen molar-refractivity contribution >= 4 is 12.3 Å². The van der Waals surface area contributed by atoms with Gasteiger partial charge in [0.15, 0.2) is 11.5 Å². The number of rotatable bonds is 0. The summed E-state index contributed by atoms with van der Waals surface area (Å²) >= 11 is 0. The lowest BCUT2D eigenvalue weighted by atomic mass is 10.0. The number of ether oxygens (including phenoxy) is 2. The van der Waals surface area contributed by atoms with Crippen LogP contribution < -0.4 is 9.47 Å². The average Bonchev–Trinajstić information content (AvgIpc) is 2.51. The summed E-state index contributed by atoms with van der Waals surface area (Å²) in [6.45, 7) is 0.329. The van der Waals surface area contributed by atoms with Gasteiger partial charge in [0, 0.05) is 18.8 Å². The molecule has 0 radical (unpaired) electrons. The third-order valence-electron chi connectivity index (χ3n) is 2.39. The number of hydrogen-bond donors (Lipinski definition) is 0. The molecule has 0 spiro atoms. The third-order valence-corrected chi connectivity index (χ3v) is 2.39. The van der Waals surface area contributed by atoms with E-state index in [1.807, 2.05) is 24.4 Å². The molecule has 0 bridgehead atoms. The van der Waals surface area contributed by atoms with Crippen molar-refractivity contribution in [3.8, 4) is 11.5 Å². The van der Waals surface area contributed by atoms with E-state index in [4.69, 9.17) is 9.47 Å². The smallest absolute Gasteiger partial charge is 0.231 e. The molecular formula is C11H9NO2. The fourth-order valence-electron chi connectivity index (χ4n) is 1.67. The molecule has 2 heterocycles. The Morgan fingerprint density at radius 3 is 2.93 bits per heavy atom. The monoisotopic (exact) mass is 187 g/mol. The Balaban J connectivity index is 2.16. The Hall–Kier alpha value is -1.77. The summed E-state index contributed by atoms with van der Waals surface area (Å²) in [4.78, 5) is 4.10. The van der Waals surface area contributed by atoms with Gasteiger partial charge in [0.05, 0.1) is 0 Å². The molecule has 70 valence electrons. The van der Waals surface area contributed by atoms with Gasteiger partial charge in [-0.25, -0.2) is 0 Å². The van der Waals surface area contributed by atoms with Gasteiger partial charge in [-0.05, 0) is 29.3 Å². The van der Waals surface area contributed by atoms with Gasteiger partial charge in [-0.15, -0.1) is 0 Å². The molecule has 0 aromatic heterocycles. The van der Waals surface area contributed by atoms with Crippen molar-refractivity contribution in [3.63, 3.8) is 0 Å². The van der Waals surface area contributed by atoms with E-state index in [2.05, 4.69) is 4.99 Å². The SMILES string of the molecule is C1=Cc2cc3c(cc2CC=N1)OCO3. The molecule has 14 heavy (non-hydrogen) atoms. The molecule has 0 saturated carbocycles. The lowest BCUT2D eigenvalue weighted by Crippen LogP contribution is -1.93. The highest BCUT2D eigenvalue weighted by Crippen LogP contribution is 2.35. The van der Waals surface area contributed by atoms with Gasteiger partial charge < -0.3 is 9.47 Å². The van der Waals surface area contributed by atoms with Gasteiger partial charge in [0.1, 0.15) is 0 Å². The average molecular weight is 187 g/mol. The summed E-state index contributed by atoms with van der Waals surface area (Å²) in [7, 11) is 0. The van der Waals surface area contributed by atoms with Crippen LogP contribution in [0, 0.1) is 0 Å². The fourth-order valence-corrected chi connectivity index (χ4v) is 1.67. The van der Waals surface area contributed by atoms with Crippen LogP contribution in [0.1, 0.15) is 11.1 Å². The molecule has 0 unspecified atom stereocenters. The number of hydrogen-bond acceptors (Lipinski definition) is 3. The van der Waals surface area contributed by atoms with Crippen LogP contribution in [0.3, 0.4) is 0 Å². The predicted octanol–water partition coefficient (Wildman–Crippen LogP) is 2.01. The van der Waals surface area contributed by atoms with Crippen LogP contribution in [0.25, 0.3) is 6.08 Å². The van der Waals surface area contributed by atoms with Crippen LogP contribution >= 0.6 is 0 Å². The van der Waals surface area contributed by atoms with Gasteiger partial charge in [0.2, 0.25) is 6.79 Å². The van der Waals surface area contributed by atoms with Gasteiger partial charge in [0.25, 0.3) is 0 Å². The van der Waals surface area contributed by atoms with Crippen molar-refractivity contribution in [2.45, 2.75) is 6.42 Å². The van der Waals surface area contributed by atoms with Crippen LogP contribution in [0.5, 0.6) is 11.5 Å². The molecule has 0 fully saturated rings. The van der Waals surface area contributed by atoms with Crippen molar-refractivity contribution in [3.05, 3.63) is 29.5 Å². The molecule has 1 aromatic rings. The van der Waals surface area contributed by atoms with E-state index in [-0.39, 0.29) is 0 Å². The van der Waals surface area contributed by atoms with E-state index in [9.17, 15) is 0 Å². The van der Waals surface area contributed by atoms with Crippen molar-refractivity contribution in [1.82, 2.24) is 0 Å². The maximum absolute atomic E-state index is 5.31. The molecule has 0 atom stereocenters. The van der Waals surface area contributed by atoms with Crippen LogP contribution in [0.15, 0.2) is 23.3 Å². The summed E-state index contributed by atoms with van der Waals surface area (Å²) < 4.78 is 10.6. The van der Waals surface area contributed by atoms with Gasteiger partial charge in [-0.1, -0.05) is 0 Å². The first-order valence-electron chi connectivity index (χ1n) is 4.54. The van der Waals surface area contributed by atoms with Crippen molar-refractivity contribution < 1.29 is 9.47 Å². The standard InChI is InChI=1S/C11H9NO2/c1-3-12-4-2-9-6-11-10(5-8(1)9)13-7-14-11/h1,3-6H,2,7H2. The Kier molecular flexibility index (Phi) is 1.56. The van der Waals surface area contributed by atoms with Gasteiger partial charge in [-0.2, -0.15) is 0 Å². The lowest BCUT2D eigenvalue weighted by molar-refractivity contribution is 0.174. The van der Waals surface area contributed by atoms with E-state index in [0.717, 1.165) is 23.5 Å². The second kappa shape index (κ2) is 2.87. The number of benzene rings is 1. The Morgan fingerprint density at radius 1 is 1.14 bits per heavy atom. The van der Waals surface area contributed by atoms with Crippen molar-refractivity contribution in [2.24, 2.45) is 4.99 Å². The number of aliphatic imine (C=N–C) groups is 1. The Morgan fingerprint density at radius 2 is 2.00 bits per heavy atom. The first kappa shape index (κ1) is 7.62. The zero-order valence-electron chi connectivity index (χ0n) is 7.56. The summed E-state index contributed by atoms with van der Waals surface area (Å²) in [6, 6.07) is 4.03. The van der Waals surface area contributed by atoms with E-state index in [1.54, 1.807) is 6.20 Å². The third kappa shape index (κ3) is 1.09. The molecule has 2 aliphatic heterocycles. The first-order chi connectivity index (χ1) is 6.93. The van der Waals surface area contributed by atoms with Crippen molar-refractivity contribution in [1.29, 1.82) is 0 Å². The summed E-state index contributed by atoms with van der Waals surface area (Å²) in [6.07, 6.45) is 6.53. The quantitative estimate of drug-likeness (QED) is 0.622. The maximum atomic E-state index is 5.31. The Labute approximate surface area is 81.7 Å². The largest absolute Gasteiger partial charge is 0.454 e. The molecule has 0 N–H and O–H groups in total. The van der Waals surface area contributed by atoms with Crippen LogP contribution in [-0.4, -0.2) is 13.0 Å². The molecule has 1 aromatic carbocycles.